The number of aromatic nitrogens is 2. The minimum Gasteiger partial charge on any atom is -0.267 e. The van der Waals surface area contributed by atoms with Crippen LogP contribution in [-0.4, -0.2) is 9.38 Å². The number of aryl methyl sites for hydroxylation is 2. The van der Waals surface area contributed by atoms with E-state index in [1.54, 1.807) is 22.6 Å². The molecule has 2 aromatic carbocycles. The second kappa shape index (κ2) is 4.99. The first-order chi connectivity index (χ1) is 11.0. The highest BCUT2D eigenvalue weighted by Gasteiger charge is 2.13. The lowest BCUT2D eigenvalue weighted by Crippen LogP contribution is -2.22. The number of thiazole rings is 1. The van der Waals surface area contributed by atoms with Gasteiger partial charge in [-0.05, 0) is 54.8 Å². The summed E-state index contributed by atoms with van der Waals surface area (Å²) in [5.41, 5.74) is 4.69. The third-order valence-electron chi connectivity index (χ3n) is 4.10. The summed E-state index contributed by atoms with van der Waals surface area (Å²) in [5.74, 6) is -0.290. The second-order valence-electron chi connectivity index (χ2n) is 5.57. The van der Waals surface area contributed by atoms with Crippen LogP contribution in [0, 0.1) is 19.7 Å². The summed E-state index contributed by atoms with van der Waals surface area (Å²) in [6.07, 6.45) is 1.77. The van der Waals surface area contributed by atoms with Crippen LogP contribution in [0.2, 0.25) is 0 Å². The van der Waals surface area contributed by atoms with Gasteiger partial charge in [0, 0.05) is 0 Å². The van der Waals surface area contributed by atoms with Crippen LogP contribution in [0.25, 0.3) is 22.1 Å². The molecule has 0 N–H and O–H groups in total. The Bertz CT molecular complexity index is 1160. The number of imidazole rings is 1. The lowest BCUT2D eigenvalue weighted by atomic mass is 10.1. The second-order valence-corrected chi connectivity index (χ2v) is 6.58. The van der Waals surface area contributed by atoms with E-state index in [1.807, 2.05) is 26.0 Å². The Morgan fingerprint density at radius 2 is 1.87 bits per heavy atom. The van der Waals surface area contributed by atoms with Crippen molar-refractivity contribution in [2.45, 2.75) is 13.8 Å². The average Bonchev–Trinajstić information content (AvgIpc) is 3.04. The van der Waals surface area contributed by atoms with Crippen molar-refractivity contribution in [1.82, 2.24) is 9.38 Å². The minimum absolute atomic E-state index is 0.0833. The van der Waals surface area contributed by atoms with Crippen molar-refractivity contribution < 1.29 is 4.39 Å². The molecule has 0 aliphatic carbocycles. The first-order valence-corrected chi connectivity index (χ1v) is 8.05. The first kappa shape index (κ1) is 14.1. The Balaban J connectivity index is 2.01. The van der Waals surface area contributed by atoms with Gasteiger partial charge >= 0.3 is 0 Å². The van der Waals surface area contributed by atoms with Crippen molar-refractivity contribution in [3.63, 3.8) is 0 Å². The van der Waals surface area contributed by atoms with Crippen molar-refractivity contribution in [3.05, 3.63) is 73.8 Å². The van der Waals surface area contributed by atoms with Crippen molar-refractivity contribution in [1.29, 1.82) is 0 Å². The zero-order chi connectivity index (χ0) is 16.1. The van der Waals surface area contributed by atoms with Crippen LogP contribution in [0.5, 0.6) is 0 Å². The summed E-state index contributed by atoms with van der Waals surface area (Å²) in [7, 11) is 0. The van der Waals surface area contributed by atoms with Gasteiger partial charge in [0.2, 0.25) is 0 Å². The zero-order valence-electron chi connectivity index (χ0n) is 12.6. The summed E-state index contributed by atoms with van der Waals surface area (Å²) in [4.78, 5) is 18.0. The summed E-state index contributed by atoms with van der Waals surface area (Å²) >= 11 is 1.35. The SMILES string of the molecule is Cc1ccc2c(nc3s/c(=C/c4ccc(F)cc4)c(=O)n32)c1C. The van der Waals surface area contributed by atoms with Crippen molar-refractivity contribution in [2.75, 3.05) is 0 Å². The van der Waals surface area contributed by atoms with Gasteiger partial charge in [0.15, 0.2) is 4.96 Å². The maximum Gasteiger partial charge on any atom is 0.274 e. The number of nitrogens with zero attached hydrogens (tertiary/aromatic N) is 2. The van der Waals surface area contributed by atoms with E-state index in [1.165, 1.54) is 23.5 Å². The molecule has 0 unspecified atom stereocenters. The first-order valence-electron chi connectivity index (χ1n) is 7.23. The zero-order valence-corrected chi connectivity index (χ0v) is 13.4. The van der Waals surface area contributed by atoms with Gasteiger partial charge in [0.1, 0.15) is 5.82 Å². The van der Waals surface area contributed by atoms with Gasteiger partial charge in [0.25, 0.3) is 5.56 Å². The number of halogens is 1. The van der Waals surface area contributed by atoms with E-state index in [9.17, 15) is 9.18 Å². The summed E-state index contributed by atoms with van der Waals surface area (Å²) in [6, 6.07) is 10.0. The Labute approximate surface area is 135 Å². The highest BCUT2D eigenvalue weighted by molar-refractivity contribution is 7.15. The van der Waals surface area contributed by atoms with Crippen molar-refractivity contribution in [3.8, 4) is 0 Å². The largest absolute Gasteiger partial charge is 0.274 e. The molecule has 23 heavy (non-hydrogen) atoms. The molecule has 4 aromatic rings. The van der Waals surface area contributed by atoms with Crippen LogP contribution in [-0.2, 0) is 0 Å². The third kappa shape index (κ3) is 2.16. The normalized spacial score (nSPS) is 12.6. The summed E-state index contributed by atoms with van der Waals surface area (Å²) in [5, 5.41) is 0. The predicted octanol–water partition coefficient (Wildman–Crippen LogP) is 3.21. The maximum atomic E-state index is 13.0. The fraction of sp³-hybridized carbons (Fsp3) is 0.111. The van der Waals surface area contributed by atoms with Gasteiger partial charge in [-0.25, -0.2) is 13.8 Å². The fourth-order valence-corrected chi connectivity index (χ4v) is 3.66. The Morgan fingerprint density at radius 3 is 2.61 bits per heavy atom. The average molecular weight is 324 g/mol. The number of hydrogen-bond donors (Lipinski definition) is 0. The van der Waals surface area contributed by atoms with E-state index >= 15 is 0 Å². The molecular formula is C18H13FN2OS. The molecule has 2 heterocycles. The number of hydrogen-bond acceptors (Lipinski definition) is 3. The van der Waals surface area contributed by atoms with Gasteiger partial charge < -0.3 is 0 Å². The van der Waals surface area contributed by atoms with Crippen molar-refractivity contribution >= 4 is 33.4 Å². The van der Waals surface area contributed by atoms with E-state index in [4.69, 9.17) is 0 Å². The molecule has 0 aliphatic rings. The van der Waals surface area contributed by atoms with Gasteiger partial charge in [-0.1, -0.05) is 29.5 Å². The van der Waals surface area contributed by atoms with Crippen LogP contribution in [0.3, 0.4) is 0 Å². The quantitative estimate of drug-likeness (QED) is 0.539. The Morgan fingerprint density at radius 1 is 1.13 bits per heavy atom. The molecule has 0 atom stereocenters. The molecule has 114 valence electrons. The molecule has 2 aromatic heterocycles. The number of benzene rings is 2. The van der Waals surface area contributed by atoms with E-state index in [2.05, 4.69) is 4.98 Å². The molecule has 0 aliphatic heterocycles. The Kier molecular flexibility index (Phi) is 3.06. The number of fused-ring (bicyclic) bond motifs is 3. The molecule has 0 saturated carbocycles. The monoisotopic (exact) mass is 324 g/mol. The van der Waals surface area contributed by atoms with E-state index in [0.717, 1.165) is 27.7 Å². The van der Waals surface area contributed by atoms with Gasteiger partial charge in [-0.3, -0.25) is 4.79 Å². The molecule has 0 saturated heterocycles. The highest BCUT2D eigenvalue weighted by Crippen LogP contribution is 2.22. The molecule has 5 heteroatoms. The standard InChI is InChI=1S/C18H13FN2OS/c1-10-3-8-14-16(11(10)2)20-18-21(14)17(22)15(23-18)9-12-4-6-13(19)7-5-12/h3-9H,1-2H3/b15-9+. The van der Waals surface area contributed by atoms with E-state index in [-0.39, 0.29) is 11.4 Å². The van der Waals surface area contributed by atoms with Crippen LogP contribution in [0.4, 0.5) is 4.39 Å². The summed E-state index contributed by atoms with van der Waals surface area (Å²) in [6.45, 7) is 4.05. The lowest BCUT2D eigenvalue weighted by molar-refractivity contribution is 0.628. The van der Waals surface area contributed by atoms with Gasteiger partial charge in [-0.2, -0.15) is 0 Å². The molecule has 4 rings (SSSR count). The van der Waals surface area contributed by atoms with Crippen LogP contribution in [0.1, 0.15) is 16.7 Å². The fourth-order valence-electron chi connectivity index (χ4n) is 2.68. The topological polar surface area (TPSA) is 34.4 Å². The molecule has 0 fully saturated rings. The van der Waals surface area contributed by atoms with Gasteiger partial charge in [-0.15, -0.1) is 0 Å². The van der Waals surface area contributed by atoms with E-state index in [0.29, 0.717) is 9.49 Å². The van der Waals surface area contributed by atoms with Crippen LogP contribution in [0.15, 0.2) is 41.2 Å². The smallest absolute Gasteiger partial charge is 0.267 e. The highest BCUT2D eigenvalue weighted by atomic mass is 32.1. The molecule has 0 bridgehead atoms. The number of rotatable bonds is 1. The molecule has 0 radical (unpaired) electrons. The van der Waals surface area contributed by atoms with Crippen LogP contribution >= 0.6 is 11.3 Å². The molecule has 3 nitrogen and oxygen atoms in total. The maximum absolute atomic E-state index is 13.0. The molecule has 0 amide bonds. The minimum atomic E-state index is -0.290. The van der Waals surface area contributed by atoms with Gasteiger partial charge in [0.05, 0.1) is 15.6 Å². The Hall–Kier alpha value is -2.53. The molecular weight excluding hydrogens is 311 g/mol. The van der Waals surface area contributed by atoms with Crippen LogP contribution < -0.4 is 10.1 Å². The third-order valence-corrected chi connectivity index (χ3v) is 5.07. The van der Waals surface area contributed by atoms with Crippen molar-refractivity contribution in [2.24, 2.45) is 0 Å². The summed E-state index contributed by atoms with van der Waals surface area (Å²) < 4.78 is 15.2. The van der Waals surface area contributed by atoms with E-state index < -0.39 is 0 Å². The molecule has 0 spiro atoms. The predicted molar refractivity (Wildman–Crippen MR) is 91.5 cm³/mol. The lowest BCUT2D eigenvalue weighted by Gasteiger charge is -1.99.